The van der Waals surface area contributed by atoms with Crippen LogP contribution in [-0.2, 0) is 9.53 Å². The predicted molar refractivity (Wildman–Crippen MR) is 119 cm³/mol. The molecule has 1 aromatic heterocycles. The zero-order chi connectivity index (χ0) is 23.8. The largest absolute Gasteiger partial charge is 0.477 e. The first-order valence-electron chi connectivity index (χ1n) is 9.94. The fraction of sp³-hybridized carbons (Fsp3) is 0.174. The van der Waals surface area contributed by atoms with Crippen molar-refractivity contribution in [3.8, 4) is 17.1 Å². The van der Waals surface area contributed by atoms with Gasteiger partial charge in [0.25, 0.3) is 5.91 Å². The molecule has 0 unspecified atom stereocenters. The molecule has 10 heteroatoms. The zero-order valence-electron chi connectivity index (χ0n) is 17.9. The summed E-state index contributed by atoms with van der Waals surface area (Å²) in [5, 5.41) is 14.9. The second kappa shape index (κ2) is 10.7. The molecule has 1 amide bonds. The number of benzene rings is 2. The zero-order valence-corrected chi connectivity index (χ0v) is 17.9. The van der Waals surface area contributed by atoms with Gasteiger partial charge in [-0.2, -0.15) is 5.10 Å². The lowest BCUT2D eigenvalue weighted by Gasteiger charge is -2.06. The third-order valence-electron chi connectivity index (χ3n) is 4.36. The number of esters is 1. The summed E-state index contributed by atoms with van der Waals surface area (Å²) in [4.78, 5) is 34.2. The van der Waals surface area contributed by atoms with Crippen molar-refractivity contribution in [2.45, 2.75) is 13.8 Å². The van der Waals surface area contributed by atoms with Gasteiger partial charge in [-0.15, -0.1) is 0 Å². The molecule has 1 heterocycles. The van der Waals surface area contributed by atoms with Crippen LogP contribution in [0, 0.1) is 17.0 Å². The lowest BCUT2D eigenvalue weighted by Crippen LogP contribution is -2.24. The maximum absolute atomic E-state index is 11.9. The van der Waals surface area contributed by atoms with Crippen molar-refractivity contribution in [2.75, 3.05) is 13.2 Å². The van der Waals surface area contributed by atoms with Crippen LogP contribution in [-0.4, -0.2) is 36.2 Å². The Morgan fingerprint density at radius 2 is 1.91 bits per heavy atom. The minimum Gasteiger partial charge on any atom is -0.477 e. The van der Waals surface area contributed by atoms with Gasteiger partial charge in [0.05, 0.1) is 23.3 Å². The number of nitro groups is 1. The third kappa shape index (κ3) is 6.26. The van der Waals surface area contributed by atoms with Crippen LogP contribution in [0.4, 0.5) is 5.69 Å². The average molecular weight is 451 g/mol. The molecule has 170 valence electrons. The molecular weight excluding hydrogens is 430 g/mol. The highest BCUT2D eigenvalue weighted by molar-refractivity contribution is 5.90. The number of carbonyl (C=O) groups excluding carboxylic acids is 2. The predicted octanol–water partition coefficient (Wildman–Crippen LogP) is 3.87. The third-order valence-corrected chi connectivity index (χ3v) is 4.36. The first-order valence-corrected chi connectivity index (χ1v) is 9.94. The number of aryl methyl sites for hydroxylation is 1. The number of carbonyl (C=O) groups is 2. The fourth-order valence-electron chi connectivity index (χ4n) is 2.80. The Hall–Kier alpha value is -4.47. The molecule has 1 N–H and O–H groups in total. The van der Waals surface area contributed by atoms with E-state index in [1.54, 1.807) is 56.3 Å². The van der Waals surface area contributed by atoms with E-state index in [0.717, 1.165) is 5.56 Å². The number of hydrogen-bond acceptors (Lipinski definition) is 8. The number of nitrogens with zero attached hydrogens (tertiary/aromatic N) is 2. The molecule has 0 aliphatic heterocycles. The summed E-state index contributed by atoms with van der Waals surface area (Å²) in [6.07, 6.45) is 1.31. The number of hydrazone groups is 1. The molecule has 0 radical (unpaired) electrons. The molecule has 0 saturated carbocycles. The van der Waals surface area contributed by atoms with Gasteiger partial charge in [0.2, 0.25) is 0 Å². The van der Waals surface area contributed by atoms with E-state index in [1.807, 2.05) is 0 Å². The molecule has 0 spiro atoms. The number of nitrogens with one attached hydrogen (secondary N) is 1. The van der Waals surface area contributed by atoms with Gasteiger partial charge in [-0.1, -0.05) is 18.2 Å². The summed E-state index contributed by atoms with van der Waals surface area (Å²) in [7, 11) is 0. The molecular formula is C23H21N3O7. The number of rotatable bonds is 9. The Balaban J connectivity index is 1.54. The Morgan fingerprint density at radius 1 is 1.15 bits per heavy atom. The second-order valence-electron chi connectivity index (χ2n) is 6.81. The van der Waals surface area contributed by atoms with Crippen LogP contribution in [0.15, 0.2) is 64.1 Å². The number of furan rings is 1. The summed E-state index contributed by atoms with van der Waals surface area (Å²) in [5.74, 6) is -0.0621. The van der Waals surface area contributed by atoms with Gasteiger partial charge >= 0.3 is 11.7 Å². The highest BCUT2D eigenvalue weighted by Gasteiger charge is 2.16. The Bertz CT molecular complexity index is 1180. The maximum Gasteiger partial charge on any atom is 0.338 e. The van der Waals surface area contributed by atoms with E-state index >= 15 is 0 Å². The Labute approximate surface area is 189 Å². The van der Waals surface area contributed by atoms with Crippen molar-refractivity contribution >= 4 is 23.8 Å². The first-order chi connectivity index (χ1) is 15.9. The van der Waals surface area contributed by atoms with Gasteiger partial charge in [0.15, 0.2) is 12.4 Å². The number of ether oxygens (including phenoxy) is 2. The standard InChI is InChI=1S/C23H21N3O7/c1-3-31-23(28)17-7-5-16(6-8-17)20-11-9-18(33-20)13-24-25-22(27)14-32-21-10-4-15(2)12-19(21)26(29)30/h4-13H,3,14H2,1-2H3,(H,25,27)/b24-13-. The lowest BCUT2D eigenvalue weighted by atomic mass is 10.1. The van der Waals surface area contributed by atoms with Crippen molar-refractivity contribution in [1.29, 1.82) is 0 Å². The molecule has 0 aliphatic rings. The summed E-state index contributed by atoms with van der Waals surface area (Å²) in [6, 6.07) is 14.6. The van der Waals surface area contributed by atoms with Gasteiger partial charge in [-0.25, -0.2) is 10.2 Å². The molecule has 0 fully saturated rings. The van der Waals surface area contributed by atoms with Crippen molar-refractivity contribution in [2.24, 2.45) is 5.10 Å². The molecule has 10 nitrogen and oxygen atoms in total. The van der Waals surface area contributed by atoms with Crippen molar-refractivity contribution in [3.05, 3.63) is 81.6 Å². The highest BCUT2D eigenvalue weighted by atomic mass is 16.6. The highest BCUT2D eigenvalue weighted by Crippen LogP contribution is 2.27. The number of nitro benzene ring substituents is 1. The van der Waals surface area contributed by atoms with Crippen LogP contribution < -0.4 is 10.2 Å². The van der Waals surface area contributed by atoms with Crippen LogP contribution >= 0.6 is 0 Å². The minimum absolute atomic E-state index is 0.00520. The van der Waals surface area contributed by atoms with E-state index in [2.05, 4.69) is 10.5 Å². The number of hydrogen-bond donors (Lipinski definition) is 1. The second-order valence-corrected chi connectivity index (χ2v) is 6.81. The van der Waals surface area contributed by atoms with Crippen LogP contribution in [0.3, 0.4) is 0 Å². The van der Waals surface area contributed by atoms with E-state index in [4.69, 9.17) is 13.9 Å². The molecule has 33 heavy (non-hydrogen) atoms. The molecule has 3 aromatic rings. The topological polar surface area (TPSA) is 133 Å². The normalized spacial score (nSPS) is 10.7. The van der Waals surface area contributed by atoms with Crippen LogP contribution in [0.2, 0.25) is 0 Å². The van der Waals surface area contributed by atoms with Crippen molar-refractivity contribution < 1.29 is 28.4 Å². The summed E-state index contributed by atoms with van der Waals surface area (Å²) < 4.78 is 15.8. The fourth-order valence-corrected chi connectivity index (χ4v) is 2.80. The maximum atomic E-state index is 11.9. The van der Waals surface area contributed by atoms with E-state index in [1.165, 1.54) is 18.3 Å². The molecule has 3 rings (SSSR count). The average Bonchev–Trinajstić information content (AvgIpc) is 3.27. The van der Waals surface area contributed by atoms with Crippen LogP contribution in [0.1, 0.15) is 28.6 Å². The van der Waals surface area contributed by atoms with Gasteiger partial charge in [0, 0.05) is 11.6 Å². The summed E-state index contributed by atoms with van der Waals surface area (Å²) in [5.41, 5.74) is 3.94. The van der Waals surface area contributed by atoms with Gasteiger partial charge < -0.3 is 13.9 Å². The van der Waals surface area contributed by atoms with Gasteiger partial charge in [-0.05, 0) is 49.7 Å². The van der Waals surface area contributed by atoms with E-state index < -0.39 is 23.4 Å². The SMILES string of the molecule is CCOC(=O)c1ccc(-c2ccc(/C=N\NC(=O)COc3ccc(C)cc3[N+](=O)[O-])o2)cc1. The smallest absolute Gasteiger partial charge is 0.338 e. The monoisotopic (exact) mass is 451 g/mol. The summed E-state index contributed by atoms with van der Waals surface area (Å²) >= 11 is 0. The van der Waals surface area contributed by atoms with E-state index in [0.29, 0.717) is 29.3 Å². The molecule has 0 bridgehead atoms. The minimum atomic E-state index is -0.595. The van der Waals surface area contributed by atoms with Crippen LogP contribution in [0.5, 0.6) is 5.75 Å². The first kappa shape index (κ1) is 23.2. The van der Waals surface area contributed by atoms with Crippen LogP contribution in [0.25, 0.3) is 11.3 Å². The number of amides is 1. The Morgan fingerprint density at radius 3 is 2.61 bits per heavy atom. The molecule has 0 atom stereocenters. The van der Waals surface area contributed by atoms with Gasteiger partial charge in [0.1, 0.15) is 11.5 Å². The quantitative estimate of drug-likeness (QED) is 0.226. The molecule has 0 aliphatic carbocycles. The van der Waals surface area contributed by atoms with E-state index in [9.17, 15) is 19.7 Å². The molecule has 0 saturated heterocycles. The van der Waals surface area contributed by atoms with E-state index in [-0.39, 0.29) is 11.4 Å². The van der Waals surface area contributed by atoms with Gasteiger partial charge in [-0.3, -0.25) is 14.9 Å². The van der Waals surface area contributed by atoms with Crippen molar-refractivity contribution in [1.82, 2.24) is 5.43 Å². The Kier molecular flexibility index (Phi) is 7.53. The summed E-state index contributed by atoms with van der Waals surface area (Å²) in [6.45, 7) is 3.31. The molecule has 2 aromatic carbocycles. The van der Waals surface area contributed by atoms with Crippen molar-refractivity contribution in [3.63, 3.8) is 0 Å². The lowest BCUT2D eigenvalue weighted by molar-refractivity contribution is -0.385.